The first kappa shape index (κ1) is 21.5. The first-order chi connectivity index (χ1) is 13.0. The van der Waals surface area contributed by atoms with Crippen LogP contribution in [0.4, 0.5) is 0 Å². The van der Waals surface area contributed by atoms with Gasteiger partial charge >= 0.3 is 0 Å². The highest BCUT2D eigenvalue weighted by Gasteiger charge is 2.32. The molecule has 0 saturated carbocycles. The molecule has 2 N–H and O–H groups in total. The number of rotatable bonds is 8. The summed E-state index contributed by atoms with van der Waals surface area (Å²) in [5.74, 6) is 2.19. The summed E-state index contributed by atoms with van der Waals surface area (Å²) in [5, 5.41) is 6.85. The first-order valence-electron chi connectivity index (χ1n) is 9.81. The number of benzene rings is 1. The minimum atomic E-state index is -0.186. The molecule has 0 bridgehead atoms. The standard InChI is InChI=1S/C21H35N3O3/c1-16(2)14-27-19-8-6-18(7-9-19)17(3)24-20(22-4)23-15-21(25-5)10-12-26-13-11-21/h6-9,16-17H,10-15H2,1-5H3,(H2,22,23,24). The Morgan fingerprint density at radius 3 is 2.41 bits per heavy atom. The van der Waals surface area contributed by atoms with Gasteiger partial charge in [0.05, 0.1) is 18.2 Å². The molecular formula is C21H35N3O3. The van der Waals surface area contributed by atoms with Crippen LogP contribution in [-0.2, 0) is 9.47 Å². The summed E-state index contributed by atoms with van der Waals surface area (Å²) >= 11 is 0. The molecule has 152 valence electrons. The van der Waals surface area contributed by atoms with Crippen LogP contribution < -0.4 is 15.4 Å². The summed E-state index contributed by atoms with van der Waals surface area (Å²) in [6.07, 6.45) is 1.78. The lowest BCUT2D eigenvalue weighted by molar-refractivity contribution is -0.0855. The summed E-state index contributed by atoms with van der Waals surface area (Å²) in [7, 11) is 3.56. The molecule has 27 heavy (non-hydrogen) atoms. The molecule has 1 unspecified atom stereocenters. The normalized spacial score (nSPS) is 18.2. The number of guanidine groups is 1. The fourth-order valence-corrected chi connectivity index (χ4v) is 3.04. The van der Waals surface area contributed by atoms with Gasteiger partial charge in [0.2, 0.25) is 0 Å². The van der Waals surface area contributed by atoms with Crippen molar-refractivity contribution in [2.45, 2.75) is 45.3 Å². The van der Waals surface area contributed by atoms with Crippen molar-refractivity contribution in [2.24, 2.45) is 10.9 Å². The topological polar surface area (TPSA) is 64.1 Å². The van der Waals surface area contributed by atoms with Crippen LogP contribution in [0, 0.1) is 5.92 Å². The maximum atomic E-state index is 5.78. The molecule has 6 heteroatoms. The lowest BCUT2D eigenvalue weighted by Crippen LogP contribution is -2.51. The van der Waals surface area contributed by atoms with Gasteiger partial charge < -0.3 is 24.8 Å². The Kier molecular flexibility index (Phi) is 8.38. The van der Waals surface area contributed by atoms with Crippen molar-refractivity contribution in [3.63, 3.8) is 0 Å². The Morgan fingerprint density at radius 1 is 1.19 bits per heavy atom. The first-order valence-corrected chi connectivity index (χ1v) is 9.81. The van der Waals surface area contributed by atoms with Crippen molar-refractivity contribution in [3.8, 4) is 5.75 Å². The van der Waals surface area contributed by atoms with E-state index in [2.05, 4.69) is 48.5 Å². The van der Waals surface area contributed by atoms with E-state index in [9.17, 15) is 0 Å². The number of nitrogens with one attached hydrogen (secondary N) is 2. The fraction of sp³-hybridized carbons (Fsp3) is 0.667. The van der Waals surface area contributed by atoms with Gasteiger partial charge in [0, 0.05) is 46.8 Å². The van der Waals surface area contributed by atoms with Gasteiger partial charge in [-0.2, -0.15) is 0 Å². The van der Waals surface area contributed by atoms with Crippen molar-refractivity contribution in [2.75, 3.05) is 40.5 Å². The molecule has 0 amide bonds. The van der Waals surface area contributed by atoms with Gasteiger partial charge in [0.25, 0.3) is 0 Å². The molecule has 1 atom stereocenters. The van der Waals surface area contributed by atoms with Crippen LogP contribution in [0.15, 0.2) is 29.3 Å². The second kappa shape index (κ2) is 10.5. The van der Waals surface area contributed by atoms with Crippen molar-refractivity contribution < 1.29 is 14.2 Å². The van der Waals surface area contributed by atoms with E-state index in [1.165, 1.54) is 5.56 Å². The zero-order chi connectivity index (χ0) is 19.7. The maximum Gasteiger partial charge on any atom is 0.191 e. The van der Waals surface area contributed by atoms with Crippen LogP contribution in [0.3, 0.4) is 0 Å². The summed E-state index contributed by atoms with van der Waals surface area (Å²) in [6, 6.07) is 8.36. The Morgan fingerprint density at radius 2 is 1.85 bits per heavy atom. The van der Waals surface area contributed by atoms with E-state index in [1.807, 2.05) is 12.1 Å². The Hall–Kier alpha value is -1.79. The van der Waals surface area contributed by atoms with Crippen molar-refractivity contribution in [1.82, 2.24) is 10.6 Å². The highest BCUT2D eigenvalue weighted by Crippen LogP contribution is 2.23. The van der Waals surface area contributed by atoms with Gasteiger partial charge in [0.15, 0.2) is 5.96 Å². The monoisotopic (exact) mass is 377 g/mol. The number of ether oxygens (including phenoxy) is 3. The number of methoxy groups -OCH3 is 1. The third-order valence-corrected chi connectivity index (χ3v) is 4.96. The average Bonchev–Trinajstić information content (AvgIpc) is 2.70. The molecule has 0 aliphatic carbocycles. The van der Waals surface area contributed by atoms with Crippen LogP contribution in [0.5, 0.6) is 5.75 Å². The highest BCUT2D eigenvalue weighted by molar-refractivity contribution is 5.80. The van der Waals surface area contributed by atoms with E-state index >= 15 is 0 Å². The quantitative estimate of drug-likeness (QED) is 0.538. The van der Waals surface area contributed by atoms with Gasteiger partial charge in [-0.25, -0.2) is 0 Å². The zero-order valence-corrected chi connectivity index (χ0v) is 17.4. The van der Waals surface area contributed by atoms with Gasteiger partial charge in [-0.15, -0.1) is 0 Å². The number of hydrogen-bond donors (Lipinski definition) is 2. The van der Waals surface area contributed by atoms with E-state index in [0.717, 1.165) is 44.4 Å². The lowest BCUT2D eigenvalue weighted by atomic mass is 9.94. The molecule has 1 heterocycles. The number of nitrogens with zero attached hydrogens (tertiary/aromatic N) is 1. The third kappa shape index (κ3) is 6.70. The average molecular weight is 378 g/mol. The highest BCUT2D eigenvalue weighted by atomic mass is 16.5. The third-order valence-electron chi connectivity index (χ3n) is 4.96. The molecular weight excluding hydrogens is 342 g/mol. The maximum absolute atomic E-state index is 5.78. The number of hydrogen-bond acceptors (Lipinski definition) is 4. The molecule has 1 saturated heterocycles. The van der Waals surface area contributed by atoms with E-state index < -0.39 is 0 Å². The smallest absolute Gasteiger partial charge is 0.191 e. The molecule has 6 nitrogen and oxygen atoms in total. The van der Waals surface area contributed by atoms with Crippen LogP contribution in [0.1, 0.15) is 45.2 Å². The molecule has 1 fully saturated rings. The molecule has 1 aromatic carbocycles. The van der Waals surface area contributed by atoms with Crippen LogP contribution in [0.25, 0.3) is 0 Å². The zero-order valence-electron chi connectivity index (χ0n) is 17.4. The molecule has 2 rings (SSSR count). The predicted molar refractivity (Wildman–Crippen MR) is 109 cm³/mol. The second-order valence-corrected chi connectivity index (χ2v) is 7.57. The summed E-state index contributed by atoms with van der Waals surface area (Å²) in [4.78, 5) is 4.35. The molecule has 1 aliphatic rings. The minimum absolute atomic E-state index is 0.128. The van der Waals surface area contributed by atoms with Crippen molar-refractivity contribution >= 4 is 5.96 Å². The Bertz CT molecular complexity index is 581. The summed E-state index contributed by atoms with van der Waals surface area (Å²) in [5.41, 5.74) is 0.997. The number of aliphatic imine (C=N–C) groups is 1. The molecule has 1 aliphatic heterocycles. The fourth-order valence-electron chi connectivity index (χ4n) is 3.04. The Labute approximate surface area is 163 Å². The van der Waals surface area contributed by atoms with E-state index in [1.54, 1.807) is 14.2 Å². The Balaban J connectivity index is 1.87. The van der Waals surface area contributed by atoms with Crippen LogP contribution >= 0.6 is 0 Å². The van der Waals surface area contributed by atoms with Gasteiger partial charge in [-0.3, -0.25) is 4.99 Å². The summed E-state index contributed by atoms with van der Waals surface area (Å²) < 4.78 is 17.0. The van der Waals surface area contributed by atoms with Gasteiger partial charge in [-0.05, 0) is 30.5 Å². The molecule has 0 aromatic heterocycles. The summed E-state index contributed by atoms with van der Waals surface area (Å²) in [6.45, 7) is 9.33. The molecule has 0 spiro atoms. The second-order valence-electron chi connectivity index (χ2n) is 7.57. The molecule has 1 aromatic rings. The van der Waals surface area contributed by atoms with Gasteiger partial charge in [0.1, 0.15) is 5.75 Å². The SMILES string of the molecule is CN=C(NCC1(OC)CCOCC1)NC(C)c1ccc(OCC(C)C)cc1. The van der Waals surface area contributed by atoms with Gasteiger partial charge in [-0.1, -0.05) is 26.0 Å². The van der Waals surface area contributed by atoms with Crippen molar-refractivity contribution in [1.29, 1.82) is 0 Å². The van der Waals surface area contributed by atoms with Crippen LogP contribution in [-0.4, -0.2) is 52.1 Å². The van der Waals surface area contributed by atoms with Crippen molar-refractivity contribution in [3.05, 3.63) is 29.8 Å². The largest absolute Gasteiger partial charge is 0.493 e. The van der Waals surface area contributed by atoms with Crippen LogP contribution in [0.2, 0.25) is 0 Å². The molecule has 0 radical (unpaired) electrons. The minimum Gasteiger partial charge on any atom is -0.493 e. The predicted octanol–water partition coefficient (Wildman–Crippen LogP) is 3.14. The van der Waals surface area contributed by atoms with E-state index in [4.69, 9.17) is 14.2 Å². The lowest BCUT2D eigenvalue weighted by Gasteiger charge is -2.36. The van der Waals surface area contributed by atoms with E-state index in [-0.39, 0.29) is 11.6 Å². The van der Waals surface area contributed by atoms with E-state index in [0.29, 0.717) is 12.5 Å².